The van der Waals surface area contributed by atoms with Crippen LogP contribution >= 0.6 is 0 Å². The number of aromatic nitrogens is 2. The fraction of sp³-hybridized carbons (Fsp3) is 0. The molecule has 0 aliphatic carbocycles. The maximum Gasteiger partial charge on any atom is 0.324 e. The van der Waals surface area contributed by atoms with Crippen molar-refractivity contribution >= 4 is 29.0 Å². The number of benzene rings is 2. The van der Waals surface area contributed by atoms with E-state index in [-0.39, 0.29) is 0 Å². The minimum absolute atomic E-state index is 0.375. The van der Waals surface area contributed by atoms with Gasteiger partial charge in [0.15, 0.2) is 0 Å². The minimum Gasteiger partial charge on any atom is -0.366 e. The summed E-state index contributed by atoms with van der Waals surface area (Å²) in [6, 6.07) is 19.6. The Kier molecular flexibility index (Phi) is 4.47. The monoisotopic (exact) mass is 371 g/mol. The topological polar surface area (TPSA) is 102 Å². The molecular weight excluding hydrogens is 354 g/mol. The van der Waals surface area contributed by atoms with Crippen LogP contribution < -0.4 is 16.4 Å². The Morgan fingerprint density at radius 1 is 0.893 bits per heavy atom. The van der Waals surface area contributed by atoms with E-state index in [9.17, 15) is 9.59 Å². The lowest BCUT2D eigenvalue weighted by molar-refractivity contribution is 0.100. The van der Waals surface area contributed by atoms with E-state index < -0.39 is 11.9 Å². The van der Waals surface area contributed by atoms with Crippen molar-refractivity contribution in [3.05, 3.63) is 84.8 Å². The van der Waals surface area contributed by atoms with E-state index in [2.05, 4.69) is 15.6 Å². The molecule has 0 saturated carbocycles. The third-order valence-electron chi connectivity index (χ3n) is 4.33. The van der Waals surface area contributed by atoms with Gasteiger partial charge in [-0.15, -0.1) is 0 Å². The third-order valence-corrected chi connectivity index (χ3v) is 4.33. The Hall–Kier alpha value is -4.13. The Balaban J connectivity index is 1.64. The number of rotatable bonds is 4. The molecule has 0 aliphatic heterocycles. The molecule has 3 amide bonds. The summed E-state index contributed by atoms with van der Waals surface area (Å²) < 4.78 is 1.82. The van der Waals surface area contributed by atoms with Crippen molar-refractivity contribution in [1.29, 1.82) is 0 Å². The zero-order valence-electron chi connectivity index (χ0n) is 14.8. The summed E-state index contributed by atoms with van der Waals surface area (Å²) in [5.41, 5.74) is 8.85. The van der Waals surface area contributed by atoms with Crippen molar-refractivity contribution in [3.63, 3.8) is 0 Å². The number of imidazole rings is 1. The number of anilines is 2. The van der Waals surface area contributed by atoms with Crippen LogP contribution in [0.3, 0.4) is 0 Å². The number of primary amides is 1. The molecular formula is C21H17N5O2. The summed E-state index contributed by atoms with van der Waals surface area (Å²) in [6.07, 6.45) is 3.37. The molecule has 2 aromatic carbocycles. The molecule has 4 rings (SSSR count). The second-order valence-electron chi connectivity index (χ2n) is 6.17. The number of pyridine rings is 1. The van der Waals surface area contributed by atoms with Gasteiger partial charge in [-0.2, -0.15) is 0 Å². The van der Waals surface area contributed by atoms with Crippen molar-refractivity contribution in [3.8, 4) is 11.1 Å². The Labute approximate surface area is 160 Å². The van der Waals surface area contributed by atoms with E-state index in [1.165, 1.54) is 0 Å². The number of carbonyl (C=O) groups is 2. The van der Waals surface area contributed by atoms with E-state index in [1.54, 1.807) is 36.8 Å². The number of hydrogen-bond donors (Lipinski definition) is 3. The summed E-state index contributed by atoms with van der Waals surface area (Å²) in [5, 5.41) is 5.66. The lowest BCUT2D eigenvalue weighted by Gasteiger charge is -2.14. The van der Waals surface area contributed by atoms with Crippen LogP contribution in [0.15, 0.2) is 79.3 Å². The van der Waals surface area contributed by atoms with Gasteiger partial charge in [0.05, 0.1) is 11.7 Å². The lowest BCUT2D eigenvalue weighted by atomic mass is 10.1. The molecule has 7 nitrogen and oxygen atoms in total. The van der Waals surface area contributed by atoms with Crippen LogP contribution in [0, 0.1) is 0 Å². The van der Waals surface area contributed by atoms with Gasteiger partial charge in [0.25, 0.3) is 0 Å². The number of carbonyl (C=O) groups excluding carboxylic acids is 2. The maximum atomic E-state index is 12.6. The number of fused-ring (bicyclic) bond motifs is 1. The predicted octanol–water partition coefficient (Wildman–Crippen LogP) is 3.74. The Morgan fingerprint density at radius 3 is 2.36 bits per heavy atom. The first-order valence-corrected chi connectivity index (χ1v) is 8.60. The molecule has 2 aromatic heterocycles. The van der Waals surface area contributed by atoms with Crippen LogP contribution in [0.4, 0.5) is 16.3 Å². The molecule has 2 heterocycles. The summed E-state index contributed by atoms with van der Waals surface area (Å²) >= 11 is 0. The van der Waals surface area contributed by atoms with Gasteiger partial charge in [-0.05, 0) is 42.0 Å². The normalized spacial score (nSPS) is 10.6. The predicted molar refractivity (Wildman–Crippen MR) is 108 cm³/mol. The van der Waals surface area contributed by atoms with Crippen LogP contribution in [-0.2, 0) is 0 Å². The third kappa shape index (κ3) is 3.41. The highest BCUT2D eigenvalue weighted by atomic mass is 16.2. The van der Waals surface area contributed by atoms with Crippen molar-refractivity contribution in [2.45, 2.75) is 0 Å². The molecule has 0 bridgehead atoms. The van der Waals surface area contributed by atoms with E-state index in [0.29, 0.717) is 17.1 Å². The average Bonchev–Trinajstić information content (AvgIpc) is 3.18. The zero-order chi connectivity index (χ0) is 19.5. The summed E-state index contributed by atoms with van der Waals surface area (Å²) in [6.45, 7) is 0. The van der Waals surface area contributed by atoms with E-state index in [0.717, 1.165) is 16.6 Å². The maximum absolute atomic E-state index is 12.6. The van der Waals surface area contributed by atoms with Gasteiger partial charge in [-0.1, -0.05) is 30.3 Å². The molecule has 28 heavy (non-hydrogen) atoms. The smallest absolute Gasteiger partial charge is 0.324 e. The number of nitrogens with zero attached hydrogens (tertiary/aromatic N) is 2. The molecule has 0 fully saturated rings. The van der Waals surface area contributed by atoms with Crippen LogP contribution in [-0.4, -0.2) is 21.3 Å². The highest BCUT2D eigenvalue weighted by molar-refractivity contribution is 6.02. The number of amides is 3. The van der Waals surface area contributed by atoms with Crippen molar-refractivity contribution in [1.82, 2.24) is 9.38 Å². The minimum atomic E-state index is -0.518. The highest BCUT2D eigenvalue weighted by Crippen LogP contribution is 2.29. The second kappa shape index (κ2) is 7.24. The summed E-state index contributed by atoms with van der Waals surface area (Å²) in [7, 11) is 0. The molecule has 0 aliphatic rings. The second-order valence-corrected chi connectivity index (χ2v) is 6.17. The number of hydrogen-bond acceptors (Lipinski definition) is 3. The lowest BCUT2D eigenvalue weighted by Crippen LogP contribution is -2.21. The van der Waals surface area contributed by atoms with Gasteiger partial charge in [-0.25, -0.2) is 9.78 Å². The standard InChI is InChI=1S/C21H17N5O2/c22-19(27)15-6-8-16(9-7-15)24-21(28)25-20-18(14-4-2-1-3-5-14)11-10-17-12-23-13-26(17)20/h1-13H,(H2,22,27)(H2,24,25,28). The van der Waals surface area contributed by atoms with Crippen molar-refractivity contribution < 1.29 is 9.59 Å². The van der Waals surface area contributed by atoms with Gasteiger partial charge in [0, 0.05) is 16.8 Å². The van der Waals surface area contributed by atoms with E-state index in [4.69, 9.17) is 5.73 Å². The fourth-order valence-electron chi connectivity index (χ4n) is 2.96. The van der Waals surface area contributed by atoms with Crippen molar-refractivity contribution in [2.24, 2.45) is 5.73 Å². The number of nitrogens with one attached hydrogen (secondary N) is 2. The van der Waals surface area contributed by atoms with Crippen LogP contribution in [0.25, 0.3) is 16.6 Å². The molecule has 4 N–H and O–H groups in total. The number of nitrogens with two attached hydrogens (primary N) is 1. The number of urea groups is 1. The van der Waals surface area contributed by atoms with E-state index >= 15 is 0 Å². The quantitative estimate of drug-likeness (QED) is 0.509. The zero-order valence-corrected chi connectivity index (χ0v) is 14.8. The first-order chi connectivity index (χ1) is 13.6. The van der Waals surface area contributed by atoms with Gasteiger partial charge in [-0.3, -0.25) is 14.5 Å². The first-order valence-electron chi connectivity index (χ1n) is 8.60. The molecule has 0 unspecified atom stereocenters. The molecule has 7 heteroatoms. The van der Waals surface area contributed by atoms with Crippen LogP contribution in [0.5, 0.6) is 0 Å². The summed E-state index contributed by atoms with van der Waals surface area (Å²) in [4.78, 5) is 27.9. The summed E-state index contributed by atoms with van der Waals surface area (Å²) in [5.74, 6) is 0.0859. The van der Waals surface area contributed by atoms with Gasteiger partial charge < -0.3 is 11.1 Å². The van der Waals surface area contributed by atoms with Crippen LogP contribution in [0.2, 0.25) is 0 Å². The van der Waals surface area contributed by atoms with Gasteiger partial charge in [0.2, 0.25) is 5.91 Å². The Morgan fingerprint density at radius 2 is 1.64 bits per heavy atom. The molecule has 0 radical (unpaired) electrons. The van der Waals surface area contributed by atoms with Gasteiger partial charge in [0.1, 0.15) is 12.1 Å². The van der Waals surface area contributed by atoms with Crippen molar-refractivity contribution in [2.75, 3.05) is 10.6 Å². The van der Waals surface area contributed by atoms with E-state index in [1.807, 2.05) is 46.9 Å². The largest absolute Gasteiger partial charge is 0.366 e. The Bertz CT molecular complexity index is 1150. The SMILES string of the molecule is NC(=O)c1ccc(NC(=O)Nc2c(-c3ccccc3)ccc3cncn23)cc1. The molecule has 138 valence electrons. The first kappa shape index (κ1) is 17.3. The molecule has 4 aromatic rings. The molecule has 0 atom stereocenters. The van der Waals surface area contributed by atoms with Crippen LogP contribution in [0.1, 0.15) is 10.4 Å². The average molecular weight is 371 g/mol. The molecule has 0 saturated heterocycles. The van der Waals surface area contributed by atoms with Gasteiger partial charge >= 0.3 is 6.03 Å². The highest BCUT2D eigenvalue weighted by Gasteiger charge is 2.13. The fourth-order valence-corrected chi connectivity index (χ4v) is 2.96. The molecule has 0 spiro atoms.